The number of nitrogens with zero attached hydrogens (tertiary/aromatic N) is 2. The lowest BCUT2D eigenvalue weighted by atomic mass is 10.0. The predicted octanol–water partition coefficient (Wildman–Crippen LogP) is 0.992. The summed E-state index contributed by atoms with van der Waals surface area (Å²) < 4.78 is 0. The number of benzene rings is 1. The van der Waals surface area contributed by atoms with Crippen LogP contribution in [0.15, 0.2) is 36.4 Å². The van der Waals surface area contributed by atoms with Crippen LogP contribution in [0.4, 0.5) is 4.79 Å². The van der Waals surface area contributed by atoms with Gasteiger partial charge in [-0.05, 0) is 12.1 Å². The van der Waals surface area contributed by atoms with Crippen LogP contribution in [-0.4, -0.2) is 32.9 Å². The Bertz CT molecular complexity index is 806. The first-order valence-electron chi connectivity index (χ1n) is 6.46. The van der Waals surface area contributed by atoms with Gasteiger partial charge in [-0.25, -0.2) is 19.2 Å². The number of amides is 3. The summed E-state index contributed by atoms with van der Waals surface area (Å²) in [6, 6.07) is 10.6. The highest BCUT2D eigenvalue weighted by atomic mass is 17.0. The molecule has 1 aromatic carbocycles. The number of hydroxylamine groups is 4. The molecule has 2 unspecified atom stereocenters. The highest BCUT2D eigenvalue weighted by molar-refractivity contribution is 5.96. The minimum absolute atomic E-state index is 0.319. The summed E-state index contributed by atoms with van der Waals surface area (Å²) in [7, 11) is 0. The smallest absolute Gasteiger partial charge is 0.330 e. The van der Waals surface area contributed by atoms with Crippen LogP contribution in [0.1, 0.15) is 18.0 Å². The van der Waals surface area contributed by atoms with Crippen molar-refractivity contribution in [1.29, 1.82) is 0 Å². The third-order valence-corrected chi connectivity index (χ3v) is 3.51. The zero-order chi connectivity index (χ0) is 15.9. The Balaban J connectivity index is 1.99. The Hall–Kier alpha value is -2.84. The van der Waals surface area contributed by atoms with E-state index in [1.54, 1.807) is 24.3 Å². The zero-order valence-corrected chi connectivity index (χ0v) is 11.3. The molecule has 0 radical (unpaired) electrons. The Labute approximate surface area is 124 Å². The molecule has 2 heterocycles. The second kappa shape index (κ2) is 4.86. The quantitative estimate of drug-likeness (QED) is 0.485. The van der Waals surface area contributed by atoms with Gasteiger partial charge in [0.2, 0.25) is 0 Å². The average molecular weight is 302 g/mol. The third-order valence-electron chi connectivity index (χ3n) is 3.51. The van der Waals surface area contributed by atoms with Gasteiger partial charge in [0.1, 0.15) is 10.7 Å². The number of hydrogen-bond acceptors (Lipinski definition) is 6. The molecule has 0 saturated carbocycles. The van der Waals surface area contributed by atoms with Crippen molar-refractivity contribution in [3.63, 3.8) is 0 Å². The van der Waals surface area contributed by atoms with Gasteiger partial charge < -0.3 is 5.73 Å². The molecule has 8 heteroatoms. The Morgan fingerprint density at radius 1 is 1.27 bits per heavy atom. The van der Waals surface area contributed by atoms with Crippen molar-refractivity contribution in [3.05, 3.63) is 42.1 Å². The van der Waals surface area contributed by atoms with Gasteiger partial charge in [-0.1, -0.05) is 24.3 Å². The minimum Gasteiger partial charge on any atom is -0.330 e. The number of carbonyl (C=O) groups is 3. The normalized spacial score (nSPS) is 24.7. The van der Waals surface area contributed by atoms with Crippen LogP contribution in [0.2, 0.25) is 0 Å². The van der Waals surface area contributed by atoms with Gasteiger partial charge in [0, 0.05) is 5.39 Å². The van der Waals surface area contributed by atoms with Crippen molar-refractivity contribution in [2.45, 2.75) is 12.3 Å². The van der Waals surface area contributed by atoms with Gasteiger partial charge in [0.05, 0.1) is 17.6 Å². The van der Waals surface area contributed by atoms with Gasteiger partial charge in [-0.15, -0.1) is 0 Å². The van der Waals surface area contributed by atoms with Gasteiger partial charge in [0.25, 0.3) is 0 Å². The van der Waals surface area contributed by atoms with Gasteiger partial charge in [0.15, 0.2) is 0 Å². The van der Waals surface area contributed by atoms with E-state index in [-0.39, 0.29) is 6.42 Å². The number of rotatable bonds is 2. The molecular weight excluding hydrogens is 290 g/mol. The summed E-state index contributed by atoms with van der Waals surface area (Å²) >= 11 is 0. The van der Waals surface area contributed by atoms with Crippen LogP contribution in [-0.2, 0) is 14.4 Å². The molecular formula is C14H12N3O5+. The van der Waals surface area contributed by atoms with E-state index in [0.29, 0.717) is 11.2 Å². The second-order valence-electron chi connectivity index (χ2n) is 4.90. The first kappa shape index (κ1) is 14.1. The van der Waals surface area contributed by atoms with Gasteiger partial charge >= 0.3 is 17.9 Å². The number of quaternary nitrogens is 1. The summed E-state index contributed by atoms with van der Waals surface area (Å²) in [5.41, 5.74) is 5.75. The Kier molecular flexibility index (Phi) is 3.12. The molecule has 112 valence electrons. The topological polar surface area (TPSA) is 120 Å². The fraction of sp³-hybridized carbons (Fsp3) is 0.143. The molecule has 1 aliphatic rings. The van der Waals surface area contributed by atoms with Gasteiger partial charge in [-0.3, -0.25) is 4.98 Å². The maximum Gasteiger partial charge on any atom is 0.465 e. The van der Waals surface area contributed by atoms with Crippen molar-refractivity contribution in [2.75, 3.05) is 0 Å². The van der Waals surface area contributed by atoms with Crippen molar-refractivity contribution in [1.82, 2.24) is 4.98 Å². The molecule has 3 N–H and O–H groups in total. The van der Waals surface area contributed by atoms with Crippen LogP contribution in [0.3, 0.4) is 0 Å². The van der Waals surface area contributed by atoms with Crippen LogP contribution in [0.5, 0.6) is 0 Å². The third kappa shape index (κ3) is 2.10. The maximum atomic E-state index is 12.2. The van der Waals surface area contributed by atoms with Gasteiger partial charge in [-0.2, -0.15) is 5.21 Å². The number of para-hydroxylation sites is 1. The Morgan fingerprint density at radius 3 is 2.73 bits per heavy atom. The van der Waals surface area contributed by atoms with E-state index < -0.39 is 28.6 Å². The fourth-order valence-electron chi connectivity index (χ4n) is 2.45. The van der Waals surface area contributed by atoms with Crippen molar-refractivity contribution < 1.29 is 29.2 Å². The van der Waals surface area contributed by atoms with Crippen LogP contribution in [0.25, 0.3) is 10.9 Å². The first-order chi connectivity index (χ1) is 10.4. The molecule has 2 aromatic rings. The average Bonchev–Trinajstić information content (AvgIpc) is 2.70. The van der Waals surface area contributed by atoms with E-state index in [2.05, 4.69) is 9.82 Å². The largest absolute Gasteiger partial charge is 0.465 e. The zero-order valence-electron chi connectivity index (χ0n) is 11.3. The lowest BCUT2D eigenvalue weighted by Crippen LogP contribution is -2.52. The number of pyridine rings is 1. The highest BCUT2D eigenvalue weighted by Crippen LogP contribution is 2.33. The number of imide groups is 1. The summed E-state index contributed by atoms with van der Waals surface area (Å²) in [4.78, 5) is 41.4. The predicted molar refractivity (Wildman–Crippen MR) is 71.8 cm³/mol. The minimum atomic E-state index is -2.07. The molecule has 2 atom stereocenters. The van der Waals surface area contributed by atoms with E-state index in [4.69, 9.17) is 5.73 Å². The van der Waals surface area contributed by atoms with Crippen molar-refractivity contribution in [3.8, 4) is 0 Å². The molecule has 22 heavy (non-hydrogen) atoms. The molecule has 0 spiro atoms. The van der Waals surface area contributed by atoms with Crippen LogP contribution >= 0.6 is 0 Å². The molecule has 1 aliphatic heterocycles. The standard InChI is InChI=1S/C14H11N3O5/c15-14(20)22-17(21)12(18)7-9(13(17)19)11-6-5-8-3-1-2-4-10(8)16-11/h1-6,9,21H,7H2,(H-,15,20)/p+1. The second-order valence-corrected chi connectivity index (χ2v) is 4.90. The SMILES string of the molecule is NC(=O)O[N+]1(O)C(=O)CC(c2ccc3ccccc3n2)C1=O. The van der Waals surface area contributed by atoms with E-state index >= 15 is 0 Å². The highest BCUT2D eigenvalue weighted by Gasteiger charge is 2.62. The molecule has 3 rings (SSSR count). The van der Waals surface area contributed by atoms with Crippen molar-refractivity contribution >= 4 is 28.8 Å². The van der Waals surface area contributed by atoms with E-state index in [1.165, 1.54) is 0 Å². The molecule has 1 fully saturated rings. The Morgan fingerprint density at radius 2 is 2.00 bits per heavy atom. The molecule has 0 bridgehead atoms. The van der Waals surface area contributed by atoms with E-state index in [1.807, 2.05) is 12.1 Å². The van der Waals surface area contributed by atoms with Crippen molar-refractivity contribution in [2.24, 2.45) is 5.73 Å². The lowest BCUT2D eigenvalue weighted by Gasteiger charge is -2.14. The molecule has 3 amide bonds. The number of primary amides is 1. The van der Waals surface area contributed by atoms with E-state index in [9.17, 15) is 19.6 Å². The number of aromatic nitrogens is 1. The molecule has 8 nitrogen and oxygen atoms in total. The number of hydrogen-bond donors (Lipinski definition) is 2. The summed E-state index contributed by atoms with van der Waals surface area (Å²) in [6.07, 6.45) is -1.75. The number of carbonyl (C=O) groups excluding carboxylic acids is 3. The summed E-state index contributed by atoms with van der Waals surface area (Å²) in [5.74, 6) is -2.96. The fourth-order valence-corrected chi connectivity index (χ4v) is 2.45. The summed E-state index contributed by atoms with van der Waals surface area (Å²) in [6.45, 7) is 0. The molecule has 1 aromatic heterocycles. The monoisotopic (exact) mass is 302 g/mol. The maximum absolute atomic E-state index is 12.2. The molecule has 1 saturated heterocycles. The number of nitrogens with two attached hydrogens (primary N) is 1. The van der Waals surface area contributed by atoms with E-state index in [0.717, 1.165) is 5.39 Å². The molecule has 0 aliphatic carbocycles. The lowest BCUT2D eigenvalue weighted by molar-refractivity contribution is -1.12. The van der Waals surface area contributed by atoms with Crippen LogP contribution in [0, 0.1) is 0 Å². The summed E-state index contributed by atoms with van der Waals surface area (Å²) in [5, 5.41) is 10.8. The number of fused-ring (bicyclic) bond motifs is 1. The first-order valence-corrected chi connectivity index (χ1v) is 6.46. The van der Waals surface area contributed by atoms with Crippen LogP contribution < -0.4 is 5.73 Å².